The minimum atomic E-state index is 0.776. The van der Waals surface area contributed by atoms with Crippen molar-refractivity contribution < 1.29 is 4.79 Å². The highest BCUT2D eigenvalue weighted by molar-refractivity contribution is 5.77. The standard InChI is InChI=1S/C13H14O/c1-2-3-4-5-8-12-9-6-7-10-13(12)11-14/h2-7,9-11H,8H2,1H3/b3-2+,5-4+. The maximum atomic E-state index is 10.7. The van der Waals surface area contributed by atoms with Crippen molar-refractivity contribution in [3.05, 3.63) is 59.7 Å². The van der Waals surface area contributed by atoms with Crippen molar-refractivity contribution in [2.24, 2.45) is 0 Å². The first-order valence-corrected chi connectivity index (χ1v) is 4.69. The first-order valence-electron chi connectivity index (χ1n) is 4.69. The molecule has 0 fully saturated rings. The Labute approximate surface area is 84.8 Å². The fourth-order valence-electron chi connectivity index (χ4n) is 1.22. The highest BCUT2D eigenvalue weighted by atomic mass is 16.1. The number of benzene rings is 1. The number of carbonyl (C=O) groups is 1. The van der Waals surface area contributed by atoms with E-state index in [9.17, 15) is 4.79 Å². The molecule has 14 heavy (non-hydrogen) atoms. The fourth-order valence-corrected chi connectivity index (χ4v) is 1.22. The van der Waals surface area contributed by atoms with Crippen molar-refractivity contribution in [1.82, 2.24) is 0 Å². The lowest BCUT2D eigenvalue weighted by Crippen LogP contribution is -1.89. The molecule has 0 aliphatic heterocycles. The molecule has 1 aromatic carbocycles. The van der Waals surface area contributed by atoms with Crippen molar-refractivity contribution in [1.29, 1.82) is 0 Å². The molecule has 0 saturated carbocycles. The lowest BCUT2D eigenvalue weighted by molar-refractivity contribution is 0.112. The smallest absolute Gasteiger partial charge is 0.150 e. The highest BCUT2D eigenvalue weighted by Gasteiger charge is 1.96. The first kappa shape index (κ1) is 10.5. The number of aldehydes is 1. The minimum absolute atomic E-state index is 0.776. The summed E-state index contributed by atoms with van der Waals surface area (Å²) in [6.07, 6.45) is 9.69. The van der Waals surface area contributed by atoms with Crippen molar-refractivity contribution in [3.63, 3.8) is 0 Å². The van der Waals surface area contributed by atoms with Gasteiger partial charge in [-0.05, 0) is 18.9 Å². The normalized spacial score (nSPS) is 11.2. The van der Waals surface area contributed by atoms with Crippen LogP contribution in [0.4, 0.5) is 0 Å². The van der Waals surface area contributed by atoms with E-state index >= 15 is 0 Å². The van der Waals surface area contributed by atoms with Gasteiger partial charge in [-0.1, -0.05) is 48.6 Å². The maximum absolute atomic E-state index is 10.7. The molecule has 0 atom stereocenters. The molecule has 0 aliphatic carbocycles. The summed E-state index contributed by atoms with van der Waals surface area (Å²) >= 11 is 0. The van der Waals surface area contributed by atoms with Crippen molar-refractivity contribution in [2.45, 2.75) is 13.3 Å². The van der Waals surface area contributed by atoms with Gasteiger partial charge in [0, 0.05) is 5.56 Å². The van der Waals surface area contributed by atoms with Gasteiger partial charge in [0.15, 0.2) is 0 Å². The van der Waals surface area contributed by atoms with Crippen LogP contribution in [0.15, 0.2) is 48.6 Å². The summed E-state index contributed by atoms with van der Waals surface area (Å²) in [4.78, 5) is 10.7. The number of carbonyl (C=O) groups excluding carboxylic acids is 1. The summed E-state index contributed by atoms with van der Waals surface area (Å²) in [6.45, 7) is 1.98. The van der Waals surface area contributed by atoms with Gasteiger partial charge < -0.3 is 0 Å². The first-order chi connectivity index (χ1) is 6.88. The summed E-state index contributed by atoms with van der Waals surface area (Å²) in [7, 11) is 0. The Morgan fingerprint density at radius 2 is 2.00 bits per heavy atom. The van der Waals surface area contributed by atoms with E-state index in [4.69, 9.17) is 0 Å². The zero-order chi connectivity index (χ0) is 10.2. The van der Waals surface area contributed by atoms with E-state index in [1.807, 2.05) is 55.5 Å². The Hall–Kier alpha value is -1.63. The Morgan fingerprint density at radius 1 is 1.21 bits per heavy atom. The van der Waals surface area contributed by atoms with E-state index in [0.717, 1.165) is 23.8 Å². The average Bonchev–Trinajstić information content (AvgIpc) is 2.25. The second kappa shape index (κ2) is 5.92. The predicted molar refractivity (Wildman–Crippen MR) is 59.5 cm³/mol. The number of rotatable bonds is 4. The summed E-state index contributed by atoms with van der Waals surface area (Å²) in [6, 6.07) is 7.64. The summed E-state index contributed by atoms with van der Waals surface area (Å²) in [5.74, 6) is 0. The molecule has 0 saturated heterocycles. The van der Waals surface area contributed by atoms with Gasteiger partial charge in [0.2, 0.25) is 0 Å². The lowest BCUT2D eigenvalue weighted by atomic mass is 10.1. The van der Waals surface area contributed by atoms with Crippen LogP contribution in [0.1, 0.15) is 22.8 Å². The van der Waals surface area contributed by atoms with Gasteiger partial charge in [-0.2, -0.15) is 0 Å². The molecule has 0 radical (unpaired) electrons. The fraction of sp³-hybridized carbons (Fsp3) is 0.154. The maximum Gasteiger partial charge on any atom is 0.150 e. The van der Waals surface area contributed by atoms with Crippen LogP contribution in [0.5, 0.6) is 0 Å². The molecule has 0 amide bonds. The third kappa shape index (κ3) is 3.02. The van der Waals surface area contributed by atoms with Gasteiger partial charge in [0.05, 0.1) is 0 Å². The summed E-state index contributed by atoms with van der Waals surface area (Å²) in [5, 5.41) is 0. The second-order valence-corrected chi connectivity index (χ2v) is 2.97. The molecule has 0 spiro atoms. The zero-order valence-electron chi connectivity index (χ0n) is 8.31. The predicted octanol–water partition coefficient (Wildman–Crippen LogP) is 3.17. The van der Waals surface area contributed by atoms with Crippen LogP contribution in [0, 0.1) is 0 Å². The summed E-state index contributed by atoms with van der Waals surface area (Å²) < 4.78 is 0. The van der Waals surface area contributed by atoms with Gasteiger partial charge in [-0.25, -0.2) is 0 Å². The topological polar surface area (TPSA) is 17.1 Å². The molecule has 0 aromatic heterocycles. The molecule has 0 aliphatic rings. The molecule has 0 heterocycles. The molecular weight excluding hydrogens is 172 g/mol. The Kier molecular flexibility index (Phi) is 4.42. The Morgan fingerprint density at radius 3 is 2.71 bits per heavy atom. The van der Waals surface area contributed by atoms with E-state index < -0.39 is 0 Å². The van der Waals surface area contributed by atoms with E-state index in [1.165, 1.54) is 0 Å². The van der Waals surface area contributed by atoms with E-state index in [2.05, 4.69) is 0 Å². The molecule has 0 N–H and O–H groups in total. The Balaban J connectivity index is 2.70. The van der Waals surface area contributed by atoms with E-state index in [0.29, 0.717) is 0 Å². The van der Waals surface area contributed by atoms with Crippen LogP contribution in [0.2, 0.25) is 0 Å². The molecule has 1 rings (SSSR count). The van der Waals surface area contributed by atoms with Crippen molar-refractivity contribution >= 4 is 6.29 Å². The van der Waals surface area contributed by atoms with E-state index in [1.54, 1.807) is 0 Å². The molecule has 0 bridgehead atoms. The molecule has 0 unspecified atom stereocenters. The van der Waals surface area contributed by atoms with Gasteiger partial charge in [-0.3, -0.25) is 4.79 Å². The number of hydrogen-bond donors (Lipinski definition) is 0. The quantitative estimate of drug-likeness (QED) is 0.521. The van der Waals surface area contributed by atoms with E-state index in [-0.39, 0.29) is 0 Å². The van der Waals surface area contributed by atoms with Crippen LogP contribution in [-0.2, 0) is 6.42 Å². The third-order valence-corrected chi connectivity index (χ3v) is 1.96. The van der Waals surface area contributed by atoms with Crippen LogP contribution < -0.4 is 0 Å². The van der Waals surface area contributed by atoms with Crippen LogP contribution >= 0.6 is 0 Å². The molecule has 72 valence electrons. The molecule has 1 heteroatoms. The third-order valence-electron chi connectivity index (χ3n) is 1.96. The zero-order valence-corrected chi connectivity index (χ0v) is 8.31. The van der Waals surface area contributed by atoms with Gasteiger partial charge in [0.25, 0.3) is 0 Å². The molecular formula is C13H14O. The van der Waals surface area contributed by atoms with Gasteiger partial charge in [0.1, 0.15) is 6.29 Å². The largest absolute Gasteiger partial charge is 0.298 e. The van der Waals surface area contributed by atoms with Crippen LogP contribution in [0.25, 0.3) is 0 Å². The SMILES string of the molecule is C/C=C/C=C/Cc1ccccc1C=O. The average molecular weight is 186 g/mol. The highest BCUT2D eigenvalue weighted by Crippen LogP contribution is 2.07. The van der Waals surface area contributed by atoms with Gasteiger partial charge >= 0.3 is 0 Å². The summed E-state index contributed by atoms with van der Waals surface area (Å²) in [5.41, 5.74) is 1.85. The van der Waals surface area contributed by atoms with Crippen LogP contribution in [0.3, 0.4) is 0 Å². The van der Waals surface area contributed by atoms with Gasteiger partial charge in [-0.15, -0.1) is 0 Å². The monoisotopic (exact) mass is 186 g/mol. The lowest BCUT2D eigenvalue weighted by Gasteiger charge is -1.99. The number of hydrogen-bond acceptors (Lipinski definition) is 1. The Bertz CT molecular complexity index is 348. The molecule has 1 nitrogen and oxygen atoms in total. The number of allylic oxidation sites excluding steroid dienone is 4. The minimum Gasteiger partial charge on any atom is -0.298 e. The van der Waals surface area contributed by atoms with Crippen molar-refractivity contribution in [2.75, 3.05) is 0 Å². The molecule has 1 aromatic rings. The van der Waals surface area contributed by atoms with Crippen molar-refractivity contribution in [3.8, 4) is 0 Å². The van der Waals surface area contributed by atoms with Crippen LogP contribution in [-0.4, -0.2) is 6.29 Å². The second-order valence-electron chi connectivity index (χ2n) is 2.97.